The number of nitrogens with zero attached hydrogens (tertiary/aromatic N) is 2. The second kappa shape index (κ2) is 7.16. The third kappa shape index (κ3) is 3.88. The summed E-state index contributed by atoms with van der Waals surface area (Å²) in [5.74, 6) is 0. The summed E-state index contributed by atoms with van der Waals surface area (Å²) in [6.07, 6.45) is 0. The molecule has 0 spiro atoms. The van der Waals surface area contributed by atoms with Crippen LogP contribution >= 0.6 is 0 Å². The highest BCUT2D eigenvalue weighted by atomic mass is 28.3. The molecule has 1 saturated heterocycles. The molecule has 28 heavy (non-hydrogen) atoms. The van der Waals surface area contributed by atoms with Crippen molar-refractivity contribution >= 4 is 31.7 Å². The molecule has 0 N–H and O–H groups in total. The maximum atomic E-state index is 12.9. The molecule has 0 bridgehead atoms. The Hall–Kier alpha value is -1.35. The molecule has 8 heteroatoms. The number of aromatic nitrogens is 2. The van der Waals surface area contributed by atoms with Gasteiger partial charge in [-0.3, -0.25) is 9.13 Å². The topological polar surface area (TPSA) is 54.6 Å². The molecule has 2 heterocycles. The summed E-state index contributed by atoms with van der Waals surface area (Å²) >= 11 is 0. The van der Waals surface area contributed by atoms with E-state index in [1.807, 2.05) is 45.9 Å². The minimum Gasteiger partial charge on any atom is -0.399 e. The van der Waals surface area contributed by atoms with Crippen LogP contribution in [0.3, 0.4) is 0 Å². The van der Waals surface area contributed by atoms with Gasteiger partial charge in [0.1, 0.15) is 6.73 Å². The van der Waals surface area contributed by atoms with Gasteiger partial charge in [0, 0.05) is 27.2 Å². The Bertz CT molecular complexity index is 911. The van der Waals surface area contributed by atoms with E-state index < -0.39 is 26.4 Å². The first kappa shape index (κ1) is 21.4. The Morgan fingerprint density at radius 3 is 2.29 bits per heavy atom. The lowest BCUT2D eigenvalue weighted by molar-refractivity contribution is 0.00578. The number of benzene rings is 1. The summed E-state index contributed by atoms with van der Waals surface area (Å²) in [6, 6.07) is 6.94. The van der Waals surface area contributed by atoms with Crippen molar-refractivity contribution in [1.29, 1.82) is 0 Å². The van der Waals surface area contributed by atoms with Gasteiger partial charge in [-0.05, 0) is 39.8 Å². The fraction of sp³-hybridized carbons (Fsp3) is 0.650. The van der Waals surface area contributed by atoms with Crippen LogP contribution in [-0.4, -0.2) is 42.1 Å². The van der Waals surface area contributed by atoms with Gasteiger partial charge >= 0.3 is 12.8 Å². The second-order valence-electron chi connectivity index (χ2n) is 9.92. The van der Waals surface area contributed by atoms with Crippen molar-refractivity contribution in [3.8, 4) is 0 Å². The number of imidazole rings is 1. The lowest BCUT2D eigenvalue weighted by Crippen LogP contribution is -2.41. The second-order valence-corrected chi connectivity index (χ2v) is 15.5. The molecule has 0 saturated carbocycles. The summed E-state index contributed by atoms with van der Waals surface area (Å²) in [7, 11) is 0.116. The van der Waals surface area contributed by atoms with Gasteiger partial charge in [0.25, 0.3) is 0 Å². The molecular formula is C20H33BN2O4Si. The predicted molar refractivity (Wildman–Crippen MR) is 117 cm³/mol. The third-order valence-corrected chi connectivity index (χ3v) is 7.62. The maximum Gasteiger partial charge on any atom is 0.497 e. The first-order valence-electron chi connectivity index (χ1n) is 9.96. The van der Waals surface area contributed by atoms with E-state index in [2.05, 4.69) is 19.6 Å². The lowest BCUT2D eigenvalue weighted by atomic mass is 9.78. The molecule has 1 aliphatic heterocycles. The summed E-state index contributed by atoms with van der Waals surface area (Å²) in [4.78, 5) is 12.9. The smallest absolute Gasteiger partial charge is 0.399 e. The third-order valence-electron chi connectivity index (χ3n) is 5.91. The first-order valence-corrected chi connectivity index (χ1v) is 13.7. The van der Waals surface area contributed by atoms with Crippen LogP contribution in [0.1, 0.15) is 27.7 Å². The van der Waals surface area contributed by atoms with E-state index in [-0.39, 0.29) is 12.4 Å². The number of rotatable bonds is 6. The van der Waals surface area contributed by atoms with Crippen molar-refractivity contribution in [3.05, 3.63) is 28.7 Å². The fourth-order valence-electron chi connectivity index (χ4n) is 3.33. The molecule has 0 atom stereocenters. The van der Waals surface area contributed by atoms with Crippen molar-refractivity contribution < 1.29 is 14.0 Å². The minimum absolute atomic E-state index is 0.0908. The highest BCUT2D eigenvalue weighted by Crippen LogP contribution is 2.36. The normalized spacial score (nSPS) is 18.9. The van der Waals surface area contributed by atoms with Crippen molar-refractivity contribution in [2.75, 3.05) is 6.61 Å². The van der Waals surface area contributed by atoms with Crippen LogP contribution in [0.4, 0.5) is 0 Å². The van der Waals surface area contributed by atoms with Gasteiger partial charge in [0.15, 0.2) is 0 Å². The zero-order valence-corrected chi connectivity index (χ0v) is 19.5. The Labute approximate surface area is 168 Å². The highest BCUT2D eigenvalue weighted by molar-refractivity contribution is 6.76. The number of aryl methyl sites for hydroxylation is 1. The van der Waals surface area contributed by atoms with Gasteiger partial charge in [-0.15, -0.1) is 0 Å². The number of hydrogen-bond acceptors (Lipinski definition) is 4. The van der Waals surface area contributed by atoms with Gasteiger partial charge in [-0.25, -0.2) is 4.79 Å². The summed E-state index contributed by atoms with van der Waals surface area (Å²) in [5, 5.41) is 0. The molecule has 1 aromatic carbocycles. The molecule has 6 nitrogen and oxygen atoms in total. The van der Waals surface area contributed by atoms with Crippen molar-refractivity contribution in [2.24, 2.45) is 7.05 Å². The maximum absolute atomic E-state index is 12.9. The molecule has 1 aromatic heterocycles. The zero-order valence-electron chi connectivity index (χ0n) is 18.5. The molecule has 1 aliphatic rings. The quantitative estimate of drug-likeness (QED) is 0.549. The van der Waals surface area contributed by atoms with Crippen molar-refractivity contribution in [3.63, 3.8) is 0 Å². The van der Waals surface area contributed by atoms with Crippen LogP contribution in [0.25, 0.3) is 11.0 Å². The molecule has 1 fully saturated rings. The van der Waals surface area contributed by atoms with Crippen LogP contribution in [0.15, 0.2) is 23.0 Å². The van der Waals surface area contributed by atoms with Crippen LogP contribution in [0, 0.1) is 0 Å². The predicted octanol–water partition coefficient (Wildman–Crippen LogP) is 2.95. The average Bonchev–Trinajstić information content (AvgIpc) is 2.94. The van der Waals surface area contributed by atoms with E-state index in [0.717, 1.165) is 22.5 Å². The van der Waals surface area contributed by atoms with Gasteiger partial charge in [0.2, 0.25) is 0 Å². The molecule has 2 aromatic rings. The molecular weight excluding hydrogens is 371 g/mol. The van der Waals surface area contributed by atoms with E-state index in [9.17, 15) is 4.79 Å². The molecule has 0 amide bonds. The first-order chi connectivity index (χ1) is 12.8. The Kier molecular flexibility index (Phi) is 5.46. The molecule has 0 radical (unpaired) electrons. The molecule has 0 aliphatic carbocycles. The molecule has 154 valence electrons. The standard InChI is InChI=1S/C20H33BN2O4Si/c1-19(2)20(3,4)27-21(26-19)15-10-9-11-16-17(15)22(5)18(24)23(16)14-25-12-13-28(6,7)8/h9-11H,12-14H2,1-8H3. The van der Waals surface area contributed by atoms with Crippen molar-refractivity contribution in [1.82, 2.24) is 9.13 Å². The zero-order chi connectivity index (χ0) is 20.9. The summed E-state index contributed by atoms with van der Waals surface area (Å²) in [6.45, 7) is 16.0. The largest absolute Gasteiger partial charge is 0.497 e. The van der Waals surface area contributed by atoms with E-state index in [0.29, 0.717) is 6.61 Å². The van der Waals surface area contributed by atoms with E-state index in [4.69, 9.17) is 14.0 Å². The van der Waals surface area contributed by atoms with Gasteiger partial charge in [-0.1, -0.05) is 31.8 Å². The highest BCUT2D eigenvalue weighted by Gasteiger charge is 2.52. The lowest BCUT2D eigenvalue weighted by Gasteiger charge is -2.32. The van der Waals surface area contributed by atoms with Crippen LogP contribution < -0.4 is 11.2 Å². The molecule has 3 rings (SSSR count). The number of fused-ring (bicyclic) bond motifs is 1. The monoisotopic (exact) mass is 404 g/mol. The van der Waals surface area contributed by atoms with Crippen LogP contribution in [-0.2, 0) is 27.8 Å². The number of hydrogen-bond donors (Lipinski definition) is 0. The molecule has 0 unspecified atom stereocenters. The van der Waals surface area contributed by atoms with Crippen molar-refractivity contribution in [2.45, 2.75) is 71.3 Å². The minimum atomic E-state index is -1.16. The summed E-state index contributed by atoms with van der Waals surface area (Å²) in [5.41, 5.74) is 1.60. The summed E-state index contributed by atoms with van der Waals surface area (Å²) < 4.78 is 21.7. The Morgan fingerprint density at radius 2 is 1.71 bits per heavy atom. The van der Waals surface area contributed by atoms with E-state index in [1.54, 1.807) is 16.2 Å². The number of ether oxygens (including phenoxy) is 1. The van der Waals surface area contributed by atoms with Gasteiger partial charge in [-0.2, -0.15) is 0 Å². The Balaban J connectivity index is 1.93. The average molecular weight is 404 g/mol. The van der Waals surface area contributed by atoms with Crippen LogP contribution in [0.5, 0.6) is 0 Å². The van der Waals surface area contributed by atoms with E-state index >= 15 is 0 Å². The Morgan fingerprint density at radius 1 is 1.11 bits per heavy atom. The van der Waals surface area contributed by atoms with E-state index in [1.165, 1.54) is 0 Å². The van der Waals surface area contributed by atoms with Crippen LogP contribution in [0.2, 0.25) is 25.7 Å². The van der Waals surface area contributed by atoms with Gasteiger partial charge in [0.05, 0.1) is 22.2 Å². The van der Waals surface area contributed by atoms with Gasteiger partial charge < -0.3 is 14.0 Å². The number of para-hydroxylation sites is 1. The fourth-order valence-corrected chi connectivity index (χ4v) is 4.09. The SMILES string of the molecule is Cn1c(=O)n(COCC[Si](C)(C)C)c2cccc(B3OC(C)(C)C(C)(C)O3)c21.